The summed E-state index contributed by atoms with van der Waals surface area (Å²) in [5.74, 6) is -0.521. The zero-order chi connectivity index (χ0) is 30.3. The molecule has 0 spiro atoms. The third-order valence-corrected chi connectivity index (χ3v) is 4.60. The van der Waals surface area contributed by atoms with Crippen molar-refractivity contribution in [3.63, 3.8) is 0 Å². The highest BCUT2D eigenvalue weighted by atomic mass is 16.6. The third-order valence-electron chi connectivity index (χ3n) is 4.60. The van der Waals surface area contributed by atoms with E-state index in [1.807, 2.05) is 20.8 Å². The highest BCUT2D eigenvalue weighted by molar-refractivity contribution is 5.70. The molecule has 244 valence electrons. The fourth-order valence-electron chi connectivity index (χ4n) is 2.80. The molecule has 0 bridgehead atoms. The number of rotatable bonds is 31. The van der Waals surface area contributed by atoms with E-state index in [2.05, 4.69) is 0 Å². The smallest absolute Gasteiger partial charge is 0.308 e. The normalized spacial score (nSPS) is 11.6. The van der Waals surface area contributed by atoms with Crippen LogP contribution in [-0.2, 0) is 61.7 Å². The Labute approximate surface area is 245 Å². The molecular formula is C28H54O13. The van der Waals surface area contributed by atoms with Crippen molar-refractivity contribution in [2.75, 3.05) is 126 Å². The minimum absolute atomic E-state index is 0.230. The quantitative estimate of drug-likeness (QED) is 0.0849. The first-order valence-electron chi connectivity index (χ1n) is 14.4. The monoisotopic (exact) mass is 598 g/mol. The van der Waals surface area contributed by atoms with Gasteiger partial charge in [-0.05, 0) is 27.7 Å². The van der Waals surface area contributed by atoms with Gasteiger partial charge in [0.05, 0.1) is 138 Å². The van der Waals surface area contributed by atoms with E-state index in [4.69, 9.17) is 52.1 Å². The van der Waals surface area contributed by atoms with Crippen molar-refractivity contribution in [3.05, 3.63) is 0 Å². The summed E-state index contributed by atoms with van der Waals surface area (Å²) in [5, 5.41) is 0. The molecule has 13 nitrogen and oxygen atoms in total. The highest BCUT2D eigenvalue weighted by Crippen LogP contribution is 2.08. The van der Waals surface area contributed by atoms with Crippen LogP contribution in [0.15, 0.2) is 0 Å². The van der Waals surface area contributed by atoms with E-state index < -0.39 is 5.60 Å². The van der Waals surface area contributed by atoms with Gasteiger partial charge in [0, 0.05) is 0 Å². The maximum absolute atomic E-state index is 11.5. The molecule has 0 unspecified atom stereocenters. The van der Waals surface area contributed by atoms with Crippen LogP contribution in [-0.4, -0.2) is 143 Å². The summed E-state index contributed by atoms with van der Waals surface area (Å²) in [6.07, 6.45) is 0.484. The van der Waals surface area contributed by atoms with Crippen LogP contribution in [0.1, 0.15) is 40.5 Å². The van der Waals surface area contributed by atoms with E-state index in [1.165, 1.54) is 0 Å². The summed E-state index contributed by atoms with van der Waals surface area (Å²) in [7, 11) is 0. The summed E-state index contributed by atoms with van der Waals surface area (Å²) in [4.78, 5) is 22.7. The molecule has 0 aromatic heterocycles. The van der Waals surface area contributed by atoms with Crippen molar-refractivity contribution in [1.82, 2.24) is 0 Å². The highest BCUT2D eigenvalue weighted by Gasteiger charge is 2.15. The van der Waals surface area contributed by atoms with Crippen LogP contribution >= 0.6 is 0 Å². The van der Waals surface area contributed by atoms with Crippen molar-refractivity contribution in [3.8, 4) is 0 Å². The fraction of sp³-hybridized carbons (Fsp3) is 0.929. The van der Waals surface area contributed by atoms with Crippen molar-refractivity contribution in [2.45, 2.75) is 46.1 Å². The molecule has 0 atom stereocenters. The lowest BCUT2D eigenvalue weighted by molar-refractivity contribution is -0.156. The van der Waals surface area contributed by atoms with Crippen molar-refractivity contribution in [1.29, 1.82) is 0 Å². The molecule has 0 aromatic carbocycles. The van der Waals surface area contributed by atoms with Gasteiger partial charge in [-0.25, -0.2) is 0 Å². The van der Waals surface area contributed by atoms with Crippen molar-refractivity contribution in [2.24, 2.45) is 0 Å². The predicted octanol–water partition coefficient (Wildman–Crippen LogP) is 1.82. The van der Waals surface area contributed by atoms with Crippen LogP contribution in [0.25, 0.3) is 0 Å². The standard InChI is InChI=1S/C28H54O13/c1-5-40-26(29)6-8-31-10-12-33-14-16-35-18-20-37-22-24-39-25-23-38-21-19-36-17-15-34-13-11-32-9-7-27(30)41-28(2,3)4/h5-25H2,1-4H3. The molecule has 0 fully saturated rings. The molecule has 0 aliphatic carbocycles. The van der Waals surface area contributed by atoms with Gasteiger partial charge in [-0.2, -0.15) is 0 Å². The minimum Gasteiger partial charge on any atom is -0.466 e. The number of carbonyl (C=O) groups is 2. The lowest BCUT2D eigenvalue weighted by Crippen LogP contribution is -2.24. The Hall–Kier alpha value is -1.42. The van der Waals surface area contributed by atoms with Crippen LogP contribution in [0.3, 0.4) is 0 Å². The second-order valence-electron chi connectivity index (χ2n) is 9.40. The van der Waals surface area contributed by atoms with Gasteiger partial charge in [0.2, 0.25) is 0 Å². The first-order chi connectivity index (χ1) is 19.8. The Morgan fingerprint density at radius 2 is 0.659 bits per heavy atom. The lowest BCUT2D eigenvalue weighted by Gasteiger charge is -2.19. The molecule has 0 aromatic rings. The van der Waals surface area contributed by atoms with E-state index in [0.29, 0.717) is 126 Å². The molecule has 0 rings (SSSR count). The molecule has 0 heterocycles. The van der Waals surface area contributed by atoms with Gasteiger partial charge in [0.25, 0.3) is 0 Å². The Balaban J connectivity index is 3.12. The Bertz CT molecular complexity index is 584. The van der Waals surface area contributed by atoms with Crippen LogP contribution in [0.4, 0.5) is 0 Å². The van der Waals surface area contributed by atoms with Crippen LogP contribution in [0, 0.1) is 0 Å². The largest absolute Gasteiger partial charge is 0.466 e. The first kappa shape index (κ1) is 39.6. The molecular weight excluding hydrogens is 544 g/mol. The molecule has 0 N–H and O–H groups in total. The average Bonchev–Trinajstić information content (AvgIpc) is 2.91. The Morgan fingerprint density at radius 1 is 0.415 bits per heavy atom. The van der Waals surface area contributed by atoms with Crippen LogP contribution in [0.2, 0.25) is 0 Å². The number of hydrogen-bond donors (Lipinski definition) is 0. The second-order valence-corrected chi connectivity index (χ2v) is 9.40. The predicted molar refractivity (Wildman–Crippen MR) is 149 cm³/mol. The van der Waals surface area contributed by atoms with E-state index in [-0.39, 0.29) is 24.8 Å². The maximum atomic E-state index is 11.5. The zero-order valence-electron chi connectivity index (χ0n) is 25.7. The SMILES string of the molecule is CCOC(=O)CCOCCOCCOCCOCCOCCOCCOCCOCCOCCC(=O)OC(C)(C)C. The summed E-state index contributed by atoms with van der Waals surface area (Å²) >= 11 is 0. The number of esters is 2. The van der Waals surface area contributed by atoms with Crippen LogP contribution < -0.4 is 0 Å². The van der Waals surface area contributed by atoms with Gasteiger partial charge < -0.3 is 52.1 Å². The average molecular weight is 599 g/mol. The van der Waals surface area contributed by atoms with E-state index in [0.717, 1.165) is 0 Å². The Kier molecular flexibility index (Phi) is 29.0. The van der Waals surface area contributed by atoms with Gasteiger partial charge >= 0.3 is 11.9 Å². The lowest BCUT2D eigenvalue weighted by atomic mass is 10.2. The molecule has 0 saturated carbocycles. The molecule has 0 aliphatic rings. The summed E-state index contributed by atoms with van der Waals surface area (Å²) in [6.45, 7) is 15.8. The third kappa shape index (κ3) is 34.7. The van der Waals surface area contributed by atoms with Gasteiger partial charge in [-0.1, -0.05) is 0 Å². The van der Waals surface area contributed by atoms with E-state index in [1.54, 1.807) is 6.92 Å². The molecule has 13 heteroatoms. The van der Waals surface area contributed by atoms with Crippen LogP contribution in [0.5, 0.6) is 0 Å². The molecule has 0 aliphatic heterocycles. The topological polar surface area (TPSA) is 136 Å². The molecule has 0 radical (unpaired) electrons. The number of carbonyl (C=O) groups excluding carboxylic acids is 2. The molecule has 0 saturated heterocycles. The maximum Gasteiger partial charge on any atom is 0.308 e. The van der Waals surface area contributed by atoms with Gasteiger partial charge in [0.15, 0.2) is 0 Å². The van der Waals surface area contributed by atoms with Crippen molar-refractivity contribution < 1.29 is 61.7 Å². The number of ether oxygens (including phenoxy) is 11. The molecule has 0 amide bonds. The van der Waals surface area contributed by atoms with Gasteiger partial charge in [0.1, 0.15) is 5.60 Å². The van der Waals surface area contributed by atoms with Gasteiger partial charge in [-0.15, -0.1) is 0 Å². The molecule has 41 heavy (non-hydrogen) atoms. The van der Waals surface area contributed by atoms with Crippen molar-refractivity contribution >= 4 is 11.9 Å². The summed E-state index contributed by atoms with van der Waals surface area (Å²) < 4.78 is 58.6. The van der Waals surface area contributed by atoms with E-state index >= 15 is 0 Å². The number of hydrogen-bond acceptors (Lipinski definition) is 13. The minimum atomic E-state index is -0.474. The fourth-order valence-corrected chi connectivity index (χ4v) is 2.80. The zero-order valence-corrected chi connectivity index (χ0v) is 25.7. The van der Waals surface area contributed by atoms with Gasteiger partial charge in [-0.3, -0.25) is 9.59 Å². The Morgan fingerprint density at radius 3 is 0.902 bits per heavy atom. The summed E-state index contributed by atoms with van der Waals surface area (Å²) in [5.41, 5.74) is -0.474. The summed E-state index contributed by atoms with van der Waals surface area (Å²) in [6, 6.07) is 0. The second kappa shape index (κ2) is 30.1. The van der Waals surface area contributed by atoms with E-state index in [9.17, 15) is 9.59 Å². The first-order valence-corrected chi connectivity index (χ1v) is 14.4.